The van der Waals surface area contributed by atoms with Crippen molar-refractivity contribution < 1.29 is 4.39 Å². The predicted molar refractivity (Wildman–Crippen MR) is 80.5 cm³/mol. The zero-order valence-corrected chi connectivity index (χ0v) is 13.1. The van der Waals surface area contributed by atoms with Gasteiger partial charge in [0.1, 0.15) is 5.82 Å². The lowest BCUT2D eigenvalue weighted by Crippen LogP contribution is -2.31. The summed E-state index contributed by atoms with van der Waals surface area (Å²) in [5, 5.41) is 4.48. The molecular formula is C14H18BrFN4. The fourth-order valence-corrected chi connectivity index (χ4v) is 2.59. The van der Waals surface area contributed by atoms with Crippen molar-refractivity contribution in [3.05, 3.63) is 51.5 Å². The smallest absolute Gasteiger partial charge is 0.128 e. The van der Waals surface area contributed by atoms with Crippen molar-refractivity contribution in [2.24, 2.45) is 5.84 Å². The van der Waals surface area contributed by atoms with Gasteiger partial charge in [0.05, 0.1) is 17.4 Å². The average molecular weight is 341 g/mol. The summed E-state index contributed by atoms with van der Waals surface area (Å²) < 4.78 is 16.7. The standard InChI is InChI=1S/C14H18BrFN4/c1-3-10-8-13(20(4-2)19-10)14(18-17)11-7-9(15)5-6-12(11)16/h5-8,14,18H,3-4,17H2,1-2H3. The van der Waals surface area contributed by atoms with Gasteiger partial charge in [-0.15, -0.1) is 0 Å². The van der Waals surface area contributed by atoms with E-state index in [0.29, 0.717) is 12.1 Å². The van der Waals surface area contributed by atoms with Crippen LogP contribution >= 0.6 is 15.9 Å². The zero-order valence-electron chi connectivity index (χ0n) is 11.5. The molecule has 0 fully saturated rings. The highest BCUT2D eigenvalue weighted by molar-refractivity contribution is 9.10. The molecule has 0 aliphatic rings. The van der Waals surface area contributed by atoms with Crippen LogP contribution in [0.25, 0.3) is 0 Å². The van der Waals surface area contributed by atoms with Crippen LogP contribution in [0, 0.1) is 5.82 Å². The largest absolute Gasteiger partial charge is 0.271 e. The Hall–Kier alpha value is -1.24. The number of hydrogen-bond donors (Lipinski definition) is 2. The van der Waals surface area contributed by atoms with E-state index in [-0.39, 0.29) is 5.82 Å². The molecule has 2 rings (SSSR count). The Morgan fingerprint density at radius 3 is 2.75 bits per heavy atom. The lowest BCUT2D eigenvalue weighted by atomic mass is 10.0. The molecule has 0 amide bonds. The van der Waals surface area contributed by atoms with Crippen LogP contribution in [-0.4, -0.2) is 9.78 Å². The first kappa shape index (κ1) is 15.2. The highest BCUT2D eigenvalue weighted by Crippen LogP contribution is 2.27. The molecule has 6 heteroatoms. The number of hydrazine groups is 1. The second-order valence-corrected chi connectivity index (χ2v) is 5.41. The molecule has 0 aliphatic carbocycles. The van der Waals surface area contributed by atoms with Crippen LogP contribution < -0.4 is 11.3 Å². The minimum atomic E-state index is -0.430. The maximum Gasteiger partial charge on any atom is 0.128 e. The first-order chi connectivity index (χ1) is 9.60. The lowest BCUT2D eigenvalue weighted by molar-refractivity contribution is 0.515. The van der Waals surface area contributed by atoms with Gasteiger partial charge in [-0.1, -0.05) is 22.9 Å². The average Bonchev–Trinajstić information content (AvgIpc) is 2.87. The van der Waals surface area contributed by atoms with Crippen molar-refractivity contribution in [1.82, 2.24) is 15.2 Å². The third kappa shape index (κ3) is 2.92. The number of benzene rings is 1. The molecule has 1 aromatic heterocycles. The summed E-state index contributed by atoms with van der Waals surface area (Å²) in [6.45, 7) is 4.75. The Kier molecular flexibility index (Phi) is 4.91. The lowest BCUT2D eigenvalue weighted by Gasteiger charge is -2.18. The van der Waals surface area contributed by atoms with Crippen LogP contribution in [-0.2, 0) is 13.0 Å². The number of nitrogens with zero attached hydrogens (tertiary/aromatic N) is 2. The quantitative estimate of drug-likeness (QED) is 0.649. The SMILES string of the molecule is CCc1cc(C(NN)c2cc(Br)ccc2F)n(CC)n1. The number of rotatable bonds is 5. The molecule has 1 unspecified atom stereocenters. The first-order valence-corrected chi connectivity index (χ1v) is 7.37. The molecule has 3 N–H and O–H groups in total. The molecule has 1 heterocycles. The van der Waals surface area contributed by atoms with Crippen molar-refractivity contribution >= 4 is 15.9 Å². The van der Waals surface area contributed by atoms with Crippen molar-refractivity contribution in [3.8, 4) is 0 Å². The molecule has 0 bridgehead atoms. The Labute approximate surface area is 126 Å². The molecule has 0 saturated carbocycles. The molecule has 2 aromatic rings. The number of aromatic nitrogens is 2. The van der Waals surface area contributed by atoms with Crippen LogP contribution in [0.4, 0.5) is 4.39 Å². The predicted octanol–water partition coefficient (Wildman–Crippen LogP) is 2.92. The zero-order chi connectivity index (χ0) is 14.7. The van der Waals surface area contributed by atoms with E-state index >= 15 is 0 Å². The summed E-state index contributed by atoms with van der Waals surface area (Å²) in [4.78, 5) is 0. The second kappa shape index (κ2) is 6.47. The Bertz CT molecular complexity index is 597. The number of nitrogens with two attached hydrogens (primary N) is 1. The van der Waals surface area contributed by atoms with Gasteiger partial charge in [-0.25, -0.2) is 9.82 Å². The highest BCUT2D eigenvalue weighted by Gasteiger charge is 2.21. The maximum absolute atomic E-state index is 14.1. The van der Waals surface area contributed by atoms with Crippen molar-refractivity contribution in [3.63, 3.8) is 0 Å². The molecule has 20 heavy (non-hydrogen) atoms. The van der Waals surface area contributed by atoms with Gasteiger partial charge in [-0.2, -0.15) is 5.10 Å². The van der Waals surface area contributed by atoms with E-state index in [2.05, 4.69) is 26.5 Å². The Morgan fingerprint density at radius 1 is 1.40 bits per heavy atom. The van der Waals surface area contributed by atoms with Crippen LogP contribution in [0.1, 0.15) is 36.8 Å². The van der Waals surface area contributed by atoms with E-state index < -0.39 is 6.04 Å². The molecule has 108 valence electrons. The molecule has 0 saturated heterocycles. The fraction of sp³-hybridized carbons (Fsp3) is 0.357. The maximum atomic E-state index is 14.1. The van der Waals surface area contributed by atoms with Gasteiger partial charge in [0.2, 0.25) is 0 Å². The van der Waals surface area contributed by atoms with E-state index in [9.17, 15) is 4.39 Å². The Morgan fingerprint density at radius 2 is 2.15 bits per heavy atom. The van der Waals surface area contributed by atoms with E-state index in [1.807, 2.05) is 24.6 Å². The summed E-state index contributed by atoms with van der Waals surface area (Å²) in [7, 11) is 0. The summed E-state index contributed by atoms with van der Waals surface area (Å²) in [5.74, 6) is 5.36. The minimum absolute atomic E-state index is 0.293. The van der Waals surface area contributed by atoms with Gasteiger partial charge in [0, 0.05) is 16.6 Å². The van der Waals surface area contributed by atoms with Crippen LogP contribution in [0.2, 0.25) is 0 Å². The van der Waals surface area contributed by atoms with Gasteiger partial charge in [-0.3, -0.25) is 10.5 Å². The molecular weight excluding hydrogens is 323 g/mol. The third-order valence-electron chi connectivity index (χ3n) is 3.25. The van der Waals surface area contributed by atoms with Gasteiger partial charge >= 0.3 is 0 Å². The summed E-state index contributed by atoms with van der Waals surface area (Å²) >= 11 is 3.36. The monoisotopic (exact) mass is 340 g/mol. The fourth-order valence-electron chi connectivity index (χ4n) is 2.22. The second-order valence-electron chi connectivity index (χ2n) is 4.50. The van der Waals surface area contributed by atoms with Gasteiger partial charge in [-0.05, 0) is 37.6 Å². The summed E-state index contributed by atoms with van der Waals surface area (Å²) in [6, 6.07) is 6.37. The van der Waals surface area contributed by atoms with Gasteiger partial charge in [0.15, 0.2) is 0 Å². The van der Waals surface area contributed by atoms with Crippen LogP contribution in [0.5, 0.6) is 0 Å². The van der Waals surface area contributed by atoms with Crippen molar-refractivity contribution in [2.45, 2.75) is 32.9 Å². The number of halogens is 2. The van der Waals surface area contributed by atoms with Crippen molar-refractivity contribution in [1.29, 1.82) is 0 Å². The van der Waals surface area contributed by atoms with Crippen LogP contribution in [0.15, 0.2) is 28.7 Å². The normalized spacial score (nSPS) is 12.7. The highest BCUT2D eigenvalue weighted by atomic mass is 79.9. The first-order valence-electron chi connectivity index (χ1n) is 6.58. The number of hydrogen-bond acceptors (Lipinski definition) is 3. The number of nitrogens with one attached hydrogen (secondary N) is 1. The molecule has 0 spiro atoms. The van der Waals surface area contributed by atoms with Gasteiger partial charge in [0.25, 0.3) is 0 Å². The van der Waals surface area contributed by atoms with Crippen molar-refractivity contribution in [2.75, 3.05) is 0 Å². The minimum Gasteiger partial charge on any atom is -0.271 e. The topological polar surface area (TPSA) is 55.9 Å². The molecule has 0 aliphatic heterocycles. The molecule has 0 radical (unpaired) electrons. The van der Waals surface area contributed by atoms with E-state index in [0.717, 1.165) is 22.3 Å². The van der Waals surface area contributed by atoms with Gasteiger partial charge < -0.3 is 0 Å². The molecule has 4 nitrogen and oxygen atoms in total. The summed E-state index contributed by atoms with van der Waals surface area (Å²) in [5.41, 5.74) is 5.03. The molecule has 1 atom stereocenters. The molecule has 1 aromatic carbocycles. The van der Waals surface area contributed by atoms with E-state index in [1.165, 1.54) is 6.07 Å². The van der Waals surface area contributed by atoms with E-state index in [1.54, 1.807) is 12.1 Å². The third-order valence-corrected chi connectivity index (χ3v) is 3.75. The Balaban J connectivity index is 2.51. The van der Waals surface area contributed by atoms with Crippen LogP contribution in [0.3, 0.4) is 0 Å². The summed E-state index contributed by atoms with van der Waals surface area (Å²) in [6.07, 6.45) is 0.832. The number of aryl methyl sites for hydroxylation is 2. The van der Waals surface area contributed by atoms with E-state index in [4.69, 9.17) is 5.84 Å².